The standard InChI is InChI=1S/C29H26N4O5S/c1-35-23-9-11-24(12-10-23)37-14-15-38-25-13-8-21(17-26(25)36-2)16-22(19-30)28(34)31-29-33-32-27(39-29)18-20-6-4-3-5-7-20/h3-13,16-17H,14-15,18H2,1-2H3,(H,31,33,34)/b22-16-. The number of ether oxygens (including phenoxy) is 4. The summed E-state index contributed by atoms with van der Waals surface area (Å²) in [6, 6.07) is 24.2. The van der Waals surface area contributed by atoms with Crippen molar-refractivity contribution >= 4 is 28.5 Å². The molecular formula is C29H26N4O5S. The largest absolute Gasteiger partial charge is 0.497 e. The summed E-state index contributed by atoms with van der Waals surface area (Å²) in [5.74, 6) is 1.85. The highest BCUT2D eigenvalue weighted by molar-refractivity contribution is 7.15. The van der Waals surface area contributed by atoms with E-state index in [1.807, 2.05) is 60.7 Å². The molecule has 4 aromatic rings. The molecule has 0 aliphatic carbocycles. The van der Waals surface area contributed by atoms with Crippen molar-refractivity contribution in [2.75, 3.05) is 32.8 Å². The molecule has 0 saturated carbocycles. The Balaban J connectivity index is 1.34. The third kappa shape index (κ3) is 7.80. The molecule has 3 aromatic carbocycles. The van der Waals surface area contributed by atoms with Crippen molar-refractivity contribution in [2.45, 2.75) is 6.42 Å². The number of aromatic nitrogens is 2. The van der Waals surface area contributed by atoms with Crippen LogP contribution in [0.4, 0.5) is 5.13 Å². The van der Waals surface area contributed by atoms with Crippen molar-refractivity contribution in [3.8, 4) is 29.1 Å². The van der Waals surface area contributed by atoms with E-state index in [9.17, 15) is 10.1 Å². The van der Waals surface area contributed by atoms with Gasteiger partial charge in [0.1, 0.15) is 41.4 Å². The number of nitrogens with zero attached hydrogens (tertiary/aromatic N) is 3. The second kappa shape index (κ2) is 13.6. The van der Waals surface area contributed by atoms with Crippen molar-refractivity contribution in [2.24, 2.45) is 0 Å². The number of carbonyl (C=O) groups is 1. The fourth-order valence-corrected chi connectivity index (χ4v) is 4.27. The van der Waals surface area contributed by atoms with Crippen LogP contribution in [0.3, 0.4) is 0 Å². The fourth-order valence-electron chi connectivity index (χ4n) is 3.50. The lowest BCUT2D eigenvalue weighted by Gasteiger charge is -2.12. The van der Waals surface area contributed by atoms with Crippen LogP contribution in [0, 0.1) is 11.3 Å². The zero-order valence-corrected chi connectivity index (χ0v) is 22.2. The quantitative estimate of drug-likeness (QED) is 0.148. The van der Waals surface area contributed by atoms with Crippen LogP contribution in [0.25, 0.3) is 6.08 Å². The first-order valence-electron chi connectivity index (χ1n) is 11.9. The summed E-state index contributed by atoms with van der Waals surface area (Å²) in [4.78, 5) is 12.7. The van der Waals surface area contributed by atoms with Gasteiger partial charge in [-0.05, 0) is 53.6 Å². The van der Waals surface area contributed by atoms with E-state index in [0.717, 1.165) is 16.3 Å². The molecule has 1 heterocycles. The van der Waals surface area contributed by atoms with Crippen LogP contribution in [0.5, 0.6) is 23.0 Å². The van der Waals surface area contributed by atoms with E-state index in [1.54, 1.807) is 25.3 Å². The van der Waals surface area contributed by atoms with E-state index >= 15 is 0 Å². The highest BCUT2D eigenvalue weighted by atomic mass is 32.1. The normalized spacial score (nSPS) is 10.8. The number of nitrogens with one attached hydrogen (secondary N) is 1. The molecular weight excluding hydrogens is 516 g/mol. The molecule has 0 radical (unpaired) electrons. The monoisotopic (exact) mass is 542 g/mol. The van der Waals surface area contributed by atoms with Gasteiger partial charge in [-0.25, -0.2) is 0 Å². The Morgan fingerprint density at radius 3 is 2.38 bits per heavy atom. The molecule has 0 fully saturated rings. The maximum atomic E-state index is 12.7. The predicted octanol–water partition coefficient (Wildman–Crippen LogP) is 5.15. The van der Waals surface area contributed by atoms with Crippen LogP contribution in [-0.4, -0.2) is 43.5 Å². The molecule has 0 bridgehead atoms. The van der Waals surface area contributed by atoms with Crippen LogP contribution >= 0.6 is 11.3 Å². The smallest absolute Gasteiger partial charge is 0.268 e. The van der Waals surface area contributed by atoms with Crippen molar-refractivity contribution in [1.82, 2.24) is 10.2 Å². The van der Waals surface area contributed by atoms with E-state index in [2.05, 4.69) is 15.5 Å². The molecule has 1 aromatic heterocycles. The SMILES string of the molecule is COc1ccc(OCCOc2ccc(/C=C(/C#N)C(=O)Nc3nnc(Cc4ccccc4)s3)cc2OC)cc1. The molecule has 0 aliphatic heterocycles. The zero-order valence-electron chi connectivity index (χ0n) is 21.4. The maximum absolute atomic E-state index is 12.7. The molecule has 0 unspecified atom stereocenters. The number of hydrogen-bond acceptors (Lipinski definition) is 9. The number of benzene rings is 3. The van der Waals surface area contributed by atoms with Gasteiger partial charge >= 0.3 is 0 Å². The van der Waals surface area contributed by atoms with E-state index < -0.39 is 5.91 Å². The zero-order chi connectivity index (χ0) is 27.5. The Hall–Kier alpha value is -4.88. The summed E-state index contributed by atoms with van der Waals surface area (Å²) >= 11 is 1.26. The summed E-state index contributed by atoms with van der Waals surface area (Å²) in [5.41, 5.74) is 1.61. The molecule has 1 N–H and O–H groups in total. The van der Waals surface area contributed by atoms with Crippen LogP contribution in [0.2, 0.25) is 0 Å². The summed E-state index contributed by atoms with van der Waals surface area (Å²) in [6.45, 7) is 0.617. The number of carbonyl (C=O) groups excluding carboxylic acids is 1. The van der Waals surface area contributed by atoms with Crippen LogP contribution in [0.1, 0.15) is 16.1 Å². The Kier molecular flexibility index (Phi) is 9.47. The summed E-state index contributed by atoms with van der Waals surface area (Å²) in [6.07, 6.45) is 2.08. The fraction of sp³-hybridized carbons (Fsp3) is 0.172. The molecule has 1 amide bonds. The maximum Gasteiger partial charge on any atom is 0.268 e. The molecule has 4 rings (SSSR count). The lowest BCUT2D eigenvalue weighted by molar-refractivity contribution is -0.112. The second-order valence-electron chi connectivity index (χ2n) is 8.07. The Labute approximate surface area is 230 Å². The highest BCUT2D eigenvalue weighted by Gasteiger charge is 2.14. The van der Waals surface area contributed by atoms with Crippen molar-refractivity contribution < 1.29 is 23.7 Å². The van der Waals surface area contributed by atoms with Gasteiger partial charge in [-0.1, -0.05) is 47.7 Å². The number of anilines is 1. The van der Waals surface area contributed by atoms with E-state index in [4.69, 9.17) is 18.9 Å². The topological polar surface area (TPSA) is 116 Å². The third-order valence-corrected chi connectivity index (χ3v) is 6.26. The molecule has 0 saturated heterocycles. The van der Waals surface area contributed by atoms with Gasteiger partial charge in [0.2, 0.25) is 5.13 Å². The van der Waals surface area contributed by atoms with Gasteiger partial charge in [0.05, 0.1) is 14.2 Å². The summed E-state index contributed by atoms with van der Waals surface area (Å²) in [5, 5.41) is 21.5. The van der Waals surface area contributed by atoms with Gasteiger partial charge in [-0.15, -0.1) is 10.2 Å². The van der Waals surface area contributed by atoms with Crippen molar-refractivity contribution in [3.05, 3.63) is 94.5 Å². The lowest BCUT2D eigenvalue weighted by atomic mass is 10.1. The molecule has 0 spiro atoms. The Morgan fingerprint density at radius 2 is 1.67 bits per heavy atom. The van der Waals surface area contributed by atoms with E-state index in [0.29, 0.717) is 41.0 Å². The van der Waals surface area contributed by atoms with Gasteiger partial charge in [0, 0.05) is 6.42 Å². The summed E-state index contributed by atoms with van der Waals surface area (Å²) in [7, 11) is 3.13. The second-order valence-corrected chi connectivity index (χ2v) is 9.13. The Bertz CT molecular complexity index is 1460. The number of rotatable bonds is 12. The lowest BCUT2D eigenvalue weighted by Crippen LogP contribution is -2.13. The van der Waals surface area contributed by atoms with E-state index in [-0.39, 0.29) is 12.2 Å². The minimum absolute atomic E-state index is 0.0848. The average molecular weight is 543 g/mol. The first kappa shape index (κ1) is 27.2. The first-order valence-corrected chi connectivity index (χ1v) is 12.8. The first-order chi connectivity index (χ1) is 19.1. The van der Waals surface area contributed by atoms with Gasteiger partial charge < -0.3 is 18.9 Å². The van der Waals surface area contributed by atoms with Crippen LogP contribution in [-0.2, 0) is 11.2 Å². The minimum Gasteiger partial charge on any atom is -0.497 e. The van der Waals surface area contributed by atoms with Gasteiger partial charge in [-0.3, -0.25) is 10.1 Å². The van der Waals surface area contributed by atoms with E-state index in [1.165, 1.54) is 24.5 Å². The average Bonchev–Trinajstić information content (AvgIpc) is 3.41. The molecule has 9 nitrogen and oxygen atoms in total. The summed E-state index contributed by atoms with van der Waals surface area (Å²) < 4.78 is 22.1. The number of amides is 1. The predicted molar refractivity (Wildman–Crippen MR) is 148 cm³/mol. The highest BCUT2D eigenvalue weighted by Crippen LogP contribution is 2.29. The van der Waals surface area contributed by atoms with Gasteiger partial charge in [0.25, 0.3) is 5.91 Å². The molecule has 39 heavy (non-hydrogen) atoms. The molecule has 0 atom stereocenters. The Morgan fingerprint density at radius 1 is 0.923 bits per heavy atom. The molecule has 198 valence electrons. The molecule has 10 heteroatoms. The number of nitriles is 1. The van der Waals surface area contributed by atoms with Crippen molar-refractivity contribution in [1.29, 1.82) is 5.26 Å². The third-order valence-electron chi connectivity index (χ3n) is 5.42. The van der Waals surface area contributed by atoms with Gasteiger partial charge in [0.15, 0.2) is 11.5 Å². The van der Waals surface area contributed by atoms with Crippen LogP contribution in [0.15, 0.2) is 78.4 Å². The number of methoxy groups -OCH3 is 2. The minimum atomic E-state index is -0.574. The van der Waals surface area contributed by atoms with Crippen LogP contribution < -0.4 is 24.3 Å². The van der Waals surface area contributed by atoms with Crippen molar-refractivity contribution in [3.63, 3.8) is 0 Å². The number of hydrogen-bond donors (Lipinski definition) is 1. The molecule has 0 aliphatic rings. The van der Waals surface area contributed by atoms with Gasteiger partial charge in [-0.2, -0.15) is 5.26 Å².